The number of carbonyl (C=O) groups is 1. The summed E-state index contributed by atoms with van der Waals surface area (Å²) in [6, 6.07) is 2.32. The Morgan fingerprint density at radius 1 is 1.13 bits per heavy atom. The van der Waals surface area contributed by atoms with Crippen LogP contribution >= 0.6 is 11.3 Å². The van der Waals surface area contributed by atoms with Crippen LogP contribution < -0.4 is 5.32 Å². The van der Waals surface area contributed by atoms with Crippen molar-refractivity contribution >= 4 is 22.2 Å². The number of fused-ring (bicyclic) bond motifs is 1. The van der Waals surface area contributed by atoms with Gasteiger partial charge >= 0.3 is 0 Å². The van der Waals surface area contributed by atoms with Crippen LogP contribution in [-0.4, -0.2) is 5.91 Å². The molecule has 2 rings (SSSR count). The number of rotatable bonds is 8. The van der Waals surface area contributed by atoms with E-state index in [0.717, 1.165) is 42.7 Å². The molecule has 1 aromatic heterocycles. The zero-order chi connectivity index (χ0) is 16.5. The molecule has 1 amide bonds. The molecular weight excluding hydrogens is 304 g/mol. The molecule has 1 heterocycles. The first-order valence-corrected chi connectivity index (χ1v) is 9.92. The lowest BCUT2D eigenvalue weighted by atomic mass is 10.1. The maximum absolute atomic E-state index is 12.1. The van der Waals surface area contributed by atoms with Crippen molar-refractivity contribution in [2.45, 2.75) is 84.0 Å². The highest BCUT2D eigenvalue weighted by atomic mass is 32.1. The summed E-state index contributed by atoms with van der Waals surface area (Å²) in [4.78, 5) is 13.5. The molecule has 1 aliphatic rings. The van der Waals surface area contributed by atoms with Crippen LogP contribution in [0, 0.1) is 11.3 Å². The zero-order valence-corrected chi connectivity index (χ0v) is 15.1. The van der Waals surface area contributed by atoms with Crippen LogP contribution in [0.1, 0.15) is 87.1 Å². The molecule has 0 radical (unpaired) electrons. The minimum atomic E-state index is 0.0633. The summed E-state index contributed by atoms with van der Waals surface area (Å²) in [5, 5.41) is 13.3. The number of aryl methyl sites for hydroxylation is 1. The second-order valence-electron chi connectivity index (χ2n) is 6.45. The Morgan fingerprint density at radius 2 is 1.87 bits per heavy atom. The van der Waals surface area contributed by atoms with Gasteiger partial charge in [-0.25, -0.2) is 0 Å². The molecule has 3 nitrogen and oxygen atoms in total. The van der Waals surface area contributed by atoms with Gasteiger partial charge in [-0.05, 0) is 37.7 Å². The van der Waals surface area contributed by atoms with Gasteiger partial charge in [-0.3, -0.25) is 4.79 Å². The van der Waals surface area contributed by atoms with E-state index in [1.165, 1.54) is 49.0 Å². The molecule has 0 saturated carbocycles. The Labute approximate surface area is 144 Å². The average Bonchev–Trinajstić information content (AvgIpc) is 2.70. The number of nitriles is 1. The van der Waals surface area contributed by atoms with E-state index in [9.17, 15) is 10.1 Å². The van der Waals surface area contributed by atoms with Gasteiger partial charge in [-0.15, -0.1) is 11.3 Å². The van der Waals surface area contributed by atoms with Crippen LogP contribution in [0.3, 0.4) is 0 Å². The number of hydrogen-bond donors (Lipinski definition) is 1. The first kappa shape index (κ1) is 18.0. The van der Waals surface area contributed by atoms with Gasteiger partial charge in [0.2, 0.25) is 5.91 Å². The van der Waals surface area contributed by atoms with E-state index in [-0.39, 0.29) is 5.91 Å². The number of unbranched alkanes of at least 4 members (excludes halogenated alkanes) is 5. The predicted molar refractivity (Wildman–Crippen MR) is 96.9 cm³/mol. The van der Waals surface area contributed by atoms with Crippen LogP contribution in [0.4, 0.5) is 5.00 Å². The van der Waals surface area contributed by atoms with Crippen molar-refractivity contribution in [2.24, 2.45) is 0 Å². The van der Waals surface area contributed by atoms with Crippen LogP contribution in [0.15, 0.2) is 0 Å². The van der Waals surface area contributed by atoms with Gasteiger partial charge in [-0.2, -0.15) is 5.26 Å². The maximum atomic E-state index is 12.1. The molecule has 1 N–H and O–H groups in total. The third-order valence-electron chi connectivity index (χ3n) is 4.54. The van der Waals surface area contributed by atoms with Crippen molar-refractivity contribution in [3.63, 3.8) is 0 Å². The number of nitrogens with zero attached hydrogens (tertiary/aromatic N) is 1. The Balaban J connectivity index is 1.85. The van der Waals surface area contributed by atoms with Gasteiger partial charge in [0, 0.05) is 11.3 Å². The van der Waals surface area contributed by atoms with Gasteiger partial charge in [0.1, 0.15) is 11.1 Å². The Hall–Kier alpha value is -1.34. The van der Waals surface area contributed by atoms with Crippen LogP contribution in [-0.2, 0) is 17.6 Å². The minimum Gasteiger partial charge on any atom is -0.317 e. The second-order valence-corrected chi connectivity index (χ2v) is 7.55. The normalized spacial score (nSPS) is 13.9. The van der Waals surface area contributed by atoms with E-state index in [2.05, 4.69) is 18.3 Å². The smallest absolute Gasteiger partial charge is 0.225 e. The SMILES string of the molecule is CCCCCCCCC(=O)Nc1sc2c(c1C#N)CCCCC2. The third kappa shape index (κ3) is 5.35. The van der Waals surface area contributed by atoms with Crippen molar-refractivity contribution in [1.29, 1.82) is 5.26 Å². The lowest BCUT2D eigenvalue weighted by molar-refractivity contribution is -0.116. The molecular formula is C19H28N2OS. The van der Waals surface area contributed by atoms with E-state index in [4.69, 9.17) is 0 Å². The quantitative estimate of drug-likeness (QED) is 0.499. The fourth-order valence-electron chi connectivity index (χ4n) is 3.20. The van der Waals surface area contributed by atoms with Crippen molar-refractivity contribution in [3.05, 3.63) is 16.0 Å². The van der Waals surface area contributed by atoms with Crippen molar-refractivity contribution in [2.75, 3.05) is 5.32 Å². The van der Waals surface area contributed by atoms with Crippen LogP contribution in [0.2, 0.25) is 0 Å². The molecule has 0 saturated heterocycles. The lowest BCUT2D eigenvalue weighted by Crippen LogP contribution is -2.11. The molecule has 1 aromatic rings. The standard InChI is InChI=1S/C19H28N2OS/c1-2-3-4-5-6-10-13-18(22)21-19-16(14-20)15-11-8-7-9-12-17(15)23-19/h2-13H2,1H3,(H,21,22). The highest BCUT2D eigenvalue weighted by Crippen LogP contribution is 2.37. The van der Waals surface area contributed by atoms with Gasteiger partial charge < -0.3 is 5.32 Å². The number of anilines is 1. The lowest BCUT2D eigenvalue weighted by Gasteiger charge is -2.04. The van der Waals surface area contributed by atoms with Gasteiger partial charge in [0.25, 0.3) is 0 Å². The van der Waals surface area contributed by atoms with Crippen LogP contribution in [0.5, 0.6) is 0 Å². The molecule has 0 atom stereocenters. The van der Waals surface area contributed by atoms with E-state index < -0.39 is 0 Å². The first-order chi connectivity index (χ1) is 11.3. The van der Waals surface area contributed by atoms with E-state index >= 15 is 0 Å². The predicted octanol–water partition coefficient (Wildman–Crippen LogP) is 5.58. The van der Waals surface area contributed by atoms with Crippen molar-refractivity contribution in [1.82, 2.24) is 0 Å². The molecule has 4 heteroatoms. The summed E-state index contributed by atoms with van der Waals surface area (Å²) in [7, 11) is 0. The minimum absolute atomic E-state index is 0.0633. The molecule has 0 spiro atoms. The topological polar surface area (TPSA) is 52.9 Å². The first-order valence-electron chi connectivity index (χ1n) is 9.10. The fraction of sp³-hybridized carbons (Fsp3) is 0.684. The van der Waals surface area contributed by atoms with E-state index in [0.29, 0.717) is 6.42 Å². The van der Waals surface area contributed by atoms with Gasteiger partial charge in [0.05, 0.1) is 5.56 Å². The molecule has 0 aliphatic heterocycles. The van der Waals surface area contributed by atoms with E-state index in [1.54, 1.807) is 11.3 Å². The summed E-state index contributed by atoms with van der Waals surface area (Å²) < 4.78 is 0. The number of carbonyl (C=O) groups excluding carboxylic acids is 1. The average molecular weight is 333 g/mol. The summed E-state index contributed by atoms with van der Waals surface area (Å²) in [5.41, 5.74) is 1.92. The number of hydrogen-bond acceptors (Lipinski definition) is 3. The number of thiophene rings is 1. The fourth-order valence-corrected chi connectivity index (χ4v) is 4.46. The Morgan fingerprint density at radius 3 is 2.65 bits per heavy atom. The Bertz CT molecular complexity index is 556. The molecule has 126 valence electrons. The number of nitrogens with one attached hydrogen (secondary N) is 1. The molecule has 0 aromatic carbocycles. The molecule has 1 aliphatic carbocycles. The van der Waals surface area contributed by atoms with Gasteiger partial charge in [0.15, 0.2) is 0 Å². The highest BCUT2D eigenvalue weighted by molar-refractivity contribution is 7.16. The van der Waals surface area contributed by atoms with Gasteiger partial charge in [-0.1, -0.05) is 45.4 Å². The largest absolute Gasteiger partial charge is 0.317 e. The summed E-state index contributed by atoms with van der Waals surface area (Å²) in [5.74, 6) is 0.0633. The monoisotopic (exact) mass is 332 g/mol. The van der Waals surface area contributed by atoms with Crippen LogP contribution in [0.25, 0.3) is 0 Å². The van der Waals surface area contributed by atoms with Crippen molar-refractivity contribution in [3.8, 4) is 6.07 Å². The molecule has 0 unspecified atom stereocenters. The summed E-state index contributed by atoms with van der Waals surface area (Å²) in [6.07, 6.45) is 13.3. The van der Waals surface area contributed by atoms with Crippen molar-refractivity contribution < 1.29 is 4.79 Å². The zero-order valence-electron chi connectivity index (χ0n) is 14.2. The summed E-state index contributed by atoms with van der Waals surface area (Å²) in [6.45, 7) is 2.21. The number of amides is 1. The molecule has 0 fully saturated rings. The Kier molecular flexibility index (Phi) is 7.61. The summed E-state index contributed by atoms with van der Waals surface area (Å²) >= 11 is 1.62. The third-order valence-corrected chi connectivity index (χ3v) is 5.75. The second kappa shape index (κ2) is 9.72. The molecule has 23 heavy (non-hydrogen) atoms. The van der Waals surface area contributed by atoms with E-state index in [1.807, 2.05) is 0 Å². The molecule has 0 bridgehead atoms. The maximum Gasteiger partial charge on any atom is 0.225 e. The highest BCUT2D eigenvalue weighted by Gasteiger charge is 2.20.